The van der Waals surface area contributed by atoms with Crippen LogP contribution in [0, 0.1) is 12.3 Å². The van der Waals surface area contributed by atoms with Gasteiger partial charge in [-0.15, -0.1) is 6.42 Å². The van der Waals surface area contributed by atoms with E-state index in [0.29, 0.717) is 11.1 Å². The van der Waals surface area contributed by atoms with Gasteiger partial charge in [0.15, 0.2) is 11.9 Å². The molecule has 19 heavy (non-hydrogen) atoms. The molecule has 0 N–H and O–H groups in total. The fourth-order valence-corrected chi connectivity index (χ4v) is 1.88. The van der Waals surface area contributed by atoms with Crippen molar-refractivity contribution in [2.45, 2.75) is 0 Å². The van der Waals surface area contributed by atoms with Crippen LogP contribution in [0.25, 0.3) is 16.9 Å². The first-order chi connectivity index (χ1) is 9.33. The summed E-state index contributed by atoms with van der Waals surface area (Å²) in [6, 6.07) is 8.99. The van der Waals surface area contributed by atoms with Gasteiger partial charge < -0.3 is 0 Å². The van der Waals surface area contributed by atoms with Crippen LogP contribution in [-0.4, -0.2) is 20.9 Å². The number of nitrogens with zero attached hydrogens (tertiary/aromatic N) is 3. The van der Waals surface area contributed by atoms with Gasteiger partial charge in [-0.1, -0.05) is 24.1 Å². The van der Waals surface area contributed by atoms with Crippen molar-refractivity contribution in [3.8, 4) is 23.6 Å². The highest BCUT2D eigenvalue weighted by Gasteiger charge is 2.17. The quantitative estimate of drug-likeness (QED) is 0.382. The summed E-state index contributed by atoms with van der Waals surface area (Å²) in [5, 5.41) is 4.05. The number of aromatic nitrogens is 3. The number of aldehydes is 1. The summed E-state index contributed by atoms with van der Waals surface area (Å²) in [5.41, 5.74) is 4.50. The second kappa shape index (κ2) is 4.39. The Morgan fingerprint density at radius 2 is 2.11 bits per heavy atom. The van der Waals surface area contributed by atoms with E-state index in [2.05, 4.69) is 16.0 Å². The second-order valence-electron chi connectivity index (χ2n) is 3.99. The second-order valence-corrected chi connectivity index (χ2v) is 3.99. The molecule has 0 unspecified atom stereocenters. The lowest BCUT2D eigenvalue weighted by Gasteiger charge is -2.06. The minimum absolute atomic E-state index is 0.574. The van der Waals surface area contributed by atoms with Crippen LogP contribution in [0.2, 0.25) is 0 Å². The van der Waals surface area contributed by atoms with E-state index in [0.717, 1.165) is 17.6 Å². The van der Waals surface area contributed by atoms with Crippen LogP contribution in [0.3, 0.4) is 0 Å². The molecular weight excluding hydrogens is 238 g/mol. The molecule has 5 rings (SSSR count). The third kappa shape index (κ3) is 1.78. The van der Waals surface area contributed by atoms with E-state index >= 15 is 0 Å². The average Bonchev–Trinajstić information content (AvgIpc) is 2.69. The SMILES string of the molecule is C#Cc1ccccc1C=O.c1cn2ncc3c2nc1-3. The molecule has 0 aliphatic carbocycles. The summed E-state index contributed by atoms with van der Waals surface area (Å²) in [7, 11) is 0. The third-order valence-corrected chi connectivity index (χ3v) is 2.89. The van der Waals surface area contributed by atoms with Gasteiger partial charge in [0.25, 0.3) is 0 Å². The molecule has 4 heterocycles. The van der Waals surface area contributed by atoms with Gasteiger partial charge in [-0.05, 0) is 12.1 Å². The predicted octanol–water partition coefficient (Wildman–Crippen LogP) is 2.19. The van der Waals surface area contributed by atoms with E-state index in [1.165, 1.54) is 5.56 Å². The molecule has 2 aliphatic heterocycles. The van der Waals surface area contributed by atoms with E-state index in [-0.39, 0.29) is 0 Å². The number of benzene rings is 1. The van der Waals surface area contributed by atoms with Gasteiger partial charge >= 0.3 is 0 Å². The number of carbonyl (C=O) groups excluding carboxylic acids is 1. The highest BCUT2D eigenvalue weighted by atomic mass is 16.1. The monoisotopic (exact) mass is 247 g/mol. The molecule has 1 aromatic carbocycles. The Morgan fingerprint density at radius 3 is 2.68 bits per heavy atom. The molecule has 4 bridgehead atoms. The Hall–Kier alpha value is -2.93. The van der Waals surface area contributed by atoms with Crippen LogP contribution in [0.1, 0.15) is 15.9 Å². The number of carbonyl (C=O) groups is 1. The van der Waals surface area contributed by atoms with Crippen molar-refractivity contribution in [1.29, 1.82) is 0 Å². The summed E-state index contributed by atoms with van der Waals surface area (Å²) in [4.78, 5) is 14.5. The van der Waals surface area contributed by atoms with E-state index in [1.807, 2.05) is 24.5 Å². The molecule has 2 aromatic heterocycles. The van der Waals surface area contributed by atoms with Crippen molar-refractivity contribution in [3.05, 3.63) is 53.9 Å². The molecule has 0 spiro atoms. The molecule has 0 radical (unpaired) electrons. The van der Waals surface area contributed by atoms with Crippen molar-refractivity contribution < 1.29 is 4.79 Å². The van der Waals surface area contributed by atoms with Crippen molar-refractivity contribution in [3.63, 3.8) is 0 Å². The van der Waals surface area contributed by atoms with Crippen LogP contribution < -0.4 is 0 Å². The smallest absolute Gasteiger partial charge is 0.164 e. The average molecular weight is 247 g/mol. The number of hydrogen-bond acceptors (Lipinski definition) is 3. The normalized spacial score (nSPS) is 10.3. The fourth-order valence-electron chi connectivity index (χ4n) is 1.88. The van der Waals surface area contributed by atoms with Crippen molar-refractivity contribution in [1.82, 2.24) is 14.6 Å². The molecule has 0 amide bonds. The van der Waals surface area contributed by atoms with Gasteiger partial charge in [0.05, 0.1) is 17.5 Å². The summed E-state index contributed by atoms with van der Waals surface area (Å²) >= 11 is 0. The molecule has 2 aliphatic rings. The van der Waals surface area contributed by atoms with E-state index < -0.39 is 0 Å². The number of pyridine rings is 1. The van der Waals surface area contributed by atoms with Crippen molar-refractivity contribution in [2.24, 2.45) is 0 Å². The number of rotatable bonds is 1. The molecule has 4 nitrogen and oxygen atoms in total. The minimum atomic E-state index is 0.574. The van der Waals surface area contributed by atoms with E-state index in [9.17, 15) is 4.79 Å². The summed E-state index contributed by atoms with van der Waals surface area (Å²) in [6.07, 6.45) is 9.64. The first-order valence-electron chi connectivity index (χ1n) is 5.69. The van der Waals surface area contributed by atoms with Gasteiger partial charge in [-0.25, -0.2) is 9.50 Å². The van der Waals surface area contributed by atoms with Gasteiger partial charge in [0.1, 0.15) is 0 Å². The van der Waals surface area contributed by atoms with Gasteiger partial charge in [0, 0.05) is 17.3 Å². The van der Waals surface area contributed by atoms with Crippen LogP contribution >= 0.6 is 0 Å². The van der Waals surface area contributed by atoms with E-state index in [1.54, 1.807) is 22.7 Å². The third-order valence-electron chi connectivity index (χ3n) is 2.89. The Balaban J connectivity index is 0.000000116. The molecule has 0 saturated carbocycles. The van der Waals surface area contributed by atoms with Crippen LogP contribution in [-0.2, 0) is 0 Å². The molecule has 0 atom stereocenters. The van der Waals surface area contributed by atoms with E-state index in [4.69, 9.17) is 6.42 Å². The Morgan fingerprint density at radius 1 is 1.26 bits per heavy atom. The van der Waals surface area contributed by atoms with Crippen molar-refractivity contribution in [2.75, 3.05) is 0 Å². The minimum Gasteiger partial charge on any atom is -0.298 e. The maximum Gasteiger partial charge on any atom is 0.164 e. The fraction of sp³-hybridized carbons (Fsp3) is 0. The van der Waals surface area contributed by atoms with Crippen LogP contribution in [0.15, 0.2) is 42.7 Å². The largest absolute Gasteiger partial charge is 0.298 e. The molecule has 4 heteroatoms. The van der Waals surface area contributed by atoms with Gasteiger partial charge in [0.2, 0.25) is 0 Å². The maximum absolute atomic E-state index is 10.3. The Labute approximate surface area is 109 Å². The maximum atomic E-state index is 10.3. The van der Waals surface area contributed by atoms with Gasteiger partial charge in [-0.3, -0.25) is 4.79 Å². The Kier molecular flexibility index (Phi) is 2.58. The van der Waals surface area contributed by atoms with Crippen LogP contribution in [0.5, 0.6) is 0 Å². The highest BCUT2D eigenvalue weighted by Crippen LogP contribution is 2.29. The lowest BCUT2D eigenvalue weighted by molar-refractivity contribution is 0.112. The lowest BCUT2D eigenvalue weighted by atomic mass is 10.1. The van der Waals surface area contributed by atoms with Crippen LogP contribution in [0.4, 0.5) is 0 Å². The Bertz CT molecular complexity index is 806. The first kappa shape index (κ1) is 11.2. The summed E-state index contributed by atoms with van der Waals surface area (Å²) in [6.45, 7) is 0. The molecule has 0 saturated heterocycles. The number of fused-ring (bicyclic) bond motifs is 1. The standard InChI is InChI=1S/C9H6O.C6H3N3/c1-2-8-5-3-4-6-9(8)7-10;1-2-9-6-4(3-7-9)5(1)8-6/h1,3-7H;1-3H. The zero-order valence-corrected chi connectivity index (χ0v) is 9.95. The zero-order valence-electron chi connectivity index (χ0n) is 9.95. The zero-order chi connectivity index (χ0) is 13.2. The lowest BCUT2D eigenvalue weighted by Crippen LogP contribution is -1.98. The predicted molar refractivity (Wildman–Crippen MR) is 71.7 cm³/mol. The summed E-state index contributed by atoms with van der Waals surface area (Å²) < 4.78 is 1.78. The number of terminal acetylenes is 1. The summed E-state index contributed by atoms with van der Waals surface area (Å²) in [5.74, 6) is 2.42. The molecule has 0 fully saturated rings. The molecular formula is C15H9N3O. The molecule has 3 aromatic rings. The molecule has 90 valence electrons. The highest BCUT2D eigenvalue weighted by molar-refractivity contribution is 5.83. The van der Waals surface area contributed by atoms with Crippen molar-refractivity contribution >= 4 is 11.9 Å². The first-order valence-corrected chi connectivity index (χ1v) is 5.69. The number of hydrogen-bond donors (Lipinski definition) is 0. The van der Waals surface area contributed by atoms with Gasteiger partial charge in [-0.2, -0.15) is 5.10 Å². The topological polar surface area (TPSA) is 47.3 Å².